The summed E-state index contributed by atoms with van der Waals surface area (Å²) in [6.07, 6.45) is 8.79. The lowest BCUT2D eigenvalue weighted by Crippen LogP contribution is -2.53. The van der Waals surface area contributed by atoms with Gasteiger partial charge < -0.3 is 20.5 Å². The molecule has 0 saturated heterocycles. The summed E-state index contributed by atoms with van der Waals surface area (Å²) < 4.78 is 6.12. The molecule has 2 rings (SSSR count). The minimum Gasteiger partial charge on any atom is -0.480 e. The van der Waals surface area contributed by atoms with Crippen molar-refractivity contribution < 1.29 is 38.6 Å². The summed E-state index contributed by atoms with van der Waals surface area (Å²) in [6, 6.07) is 13.9. The number of hydrogen-bond donors (Lipinski definition) is 3. The van der Waals surface area contributed by atoms with Gasteiger partial charge in [0.05, 0.1) is 11.7 Å². The van der Waals surface area contributed by atoms with E-state index < -0.39 is 59.2 Å². The third-order valence-corrected chi connectivity index (χ3v) is 10.5. The second-order valence-electron chi connectivity index (χ2n) is 17.0. The fourth-order valence-corrected chi connectivity index (χ4v) is 7.07. The van der Waals surface area contributed by atoms with Crippen LogP contribution in [-0.4, -0.2) is 64.0 Å². The van der Waals surface area contributed by atoms with Gasteiger partial charge in [-0.25, -0.2) is 4.79 Å². The zero-order valence-corrected chi connectivity index (χ0v) is 36.6. The molecule has 3 N–H and O–H groups in total. The van der Waals surface area contributed by atoms with Crippen LogP contribution in [0.5, 0.6) is 0 Å². The summed E-state index contributed by atoms with van der Waals surface area (Å²) in [5.74, 6) is -4.22. The molecular formula is C48H72N2O8. The van der Waals surface area contributed by atoms with Crippen LogP contribution in [0.25, 0.3) is 11.1 Å². The molecule has 322 valence electrons. The predicted molar refractivity (Wildman–Crippen MR) is 231 cm³/mol. The number of carbonyl (C=O) groups is 6. The van der Waals surface area contributed by atoms with Gasteiger partial charge in [-0.15, -0.1) is 0 Å². The van der Waals surface area contributed by atoms with Crippen molar-refractivity contribution in [1.82, 2.24) is 10.6 Å². The van der Waals surface area contributed by atoms with Crippen molar-refractivity contribution in [3.05, 3.63) is 59.7 Å². The Balaban J connectivity index is 2.07. The minimum absolute atomic E-state index is 0.0154. The average molecular weight is 805 g/mol. The van der Waals surface area contributed by atoms with E-state index in [2.05, 4.69) is 48.7 Å². The molecule has 2 aromatic rings. The van der Waals surface area contributed by atoms with Crippen molar-refractivity contribution in [3.8, 4) is 11.1 Å². The highest BCUT2D eigenvalue weighted by Crippen LogP contribution is 2.23. The number of carbonyl (C=O) groups excluding carboxylic acids is 5. The molecular weight excluding hydrogens is 733 g/mol. The van der Waals surface area contributed by atoms with Crippen LogP contribution in [0.2, 0.25) is 0 Å². The average Bonchev–Trinajstić information content (AvgIpc) is 3.17. The van der Waals surface area contributed by atoms with Crippen molar-refractivity contribution in [2.45, 2.75) is 182 Å². The summed E-state index contributed by atoms with van der Waals surface area (Å²) in [7, 11) is 0. The van der Waals surface area contributed by atoms with Gasteiger partial charge in [0, 0.05) is 43.1 Å². The van der Waals surface area contributed by atoms with E-state index in [9.17, 15) is 33.9 Å². The normalized spacial score (nSPS) is 14.1. The quantitative estimate of drug-likeness (QED) is 0.0542. The fourth-order valence-electron chi connectivity index (χ4n) is 7.07. The zero-order chi connectivity index (χ0) is 43.3. The molecule has 0 radical (unpaired) electrons. The molecule has 58 heavy (non-hydrogen) atoms. The number of carboxylic acids is 1. The van der Waals surface area contributed by atoms with Gasteiger partial charge in [0.2, 0.25) is 11.8 Å². The third-order valence-electron chi connectivity index (χ3n) is 10.5. The predicted octanol–water partition coefficient (Wildman–Crippen LogP) is 9.64. The Bertz CT molecular complexity index is 1590. The highest BCUT2D eigenvalue weighted by atomic mass is 16.5. The molecule has 10 heteroatoms. The Morgan fingerprint density at radius 3 is 1.79 bits per heavy atom. The maximum Gasteiger partial charge on any atom is 0.326 e. The molecule has 0 aliphatic carbocycles. The van der Waals surface area contributed by atoms with Crippen molar-refractivity contribution in [3.63, 3.8) is 0 Å². The second-order valence-corrected chi connectivity index (χ2v) is 17.0. The van der Waals surface area contributed by atoms with Crippen molar-refractivity contribution in [1.29, 1.82) is 0 Å². The molecule has 0 aromatic heterocycles. The number of aliphatic carboxylic acids is 1. The number of ether oxygens (including phenoxy) is 1. The molecule has 5 atom stereocenters. The summed E-state index contributed by atoms with van der Waals surface area (Å²) in [5.41, 5.74) is 3.39. The number of amides is 2. The van der Waals surface area contributed by atoms with Gasteiger partial charge in [-0.2, -0.15) is 0 Å². The van der Waals surface area contributed by atoms with E-state index >= 15 is 0 Å². The number of nitrogens with one attached hydrogen (secondary N) is 2. The van der Waals surface area contributed by atoms with Gasteiger partial charge in [0.15, 0.2) is 11.6 Å². The molecule has 0 fully saturated rings. The highest BCUT2D eigenvalue weighted by molar-refractivity contribution is 5.97. The Morgan fingerprint density at radius 2 is 1.24 bits per heavy atom. The minimum atomic E-state index is -1.12. The van der Waals surface area contributed by atoms with Crippen LogP contribution < -0.4 is 10.6 Å². The number of benzene rings is 2. The van der Waals surface area contributed by atoms with Crippen molar-refractivity contribution in [2.24, 2.45) is 11.8 Å². The summed E-state index contributed by atoms with van der Waals surface area (Å²) in [5, 5.41) is 15.1. The first kappa shape index (κ1) is 50.0. The molecule has 2 amide bonds. The van der Waals surface area contributed by atoms with Crippen LogP contribution in [0.4, 0.5) is 0 Å². The number of unbranched alkanes of at least 4 members (excludes halogenated alkanes) is 5. The number of Topliss-reactive ketones (excluding diaryl/α,β-unsaturated/α-hetero) is 3. The molecule has 0 aliphatic rings. The smallest absolute Gasteiger partial charge is 0.326 e. The van der Waals surface area contributed by atoms with Gasteiger partial charge in [0.1, 0.15) is 17.9 Å². The number of hydrogen-bond acceptors (Lipinski definition) is 7. The Morgan fingerprint density at radius 1 is 0.672 bits per heavy atom. The Labute approximate surface area is 348 Å². The Kier molecular flexibility index (Phi) is 22.4. The van der Waals surface area contributed by atoms with E-state index in [1.54, 1.807) is 13.8 Å². The monoisotopic (exact) mass is 805 g/mol. The Hall–Kier alpha value is -4.18. The molecule has 0 aliphatic heterocycles. The summed E-state index contributed by atoms with van der Waals surface area (Å²) >= 11 is 0. The molecule has 0 spiro atoms. The van der Waals surface area contributed by atoms with Crippen LogP contribution in [0.15, 0.2) is 48.5 Å². The lowest BCUT2D eigenvalue weighted by Gasteiger charge is -2.32. The molecule has 2 aromatic carbocycles. The standard InChI is InChI=1S/C48H72N2O8/c1-9-12-15-19-39(32-40(51)20-17-22-42(52)38-29-27-37(28-30-38)36-25-23-35(24-26-36)18-14-11-3)46(55)50-44(34(5)58-48(6,7)8)43(53)31-33(4)45(54)49-41(47(56)57)21-16-13-10-2/h23-30,33-34,39,41,44H,9-22,31-32H2,1-8H3,(H,49,54)(H,50,55)(H,56,57)/t33-,34-,39-,41+,44+/m1/s1. The van der Waals surface area contributed by atoms with E-state index in [-0.39, 0.29) is 37.2 Å². The van der Waals surface area contributed by atoms with Gasteiger partial charge in [-0.1, -0.05) is 121 Å². The highest BCUT2D eigenvalue weighted by Gasteiger charge is 2.35. The molecule has 0 saturated carbocycles. The topological polar surface area (TPSA) is 156 Å². The van der Waals surface area contributed by atoms with E-state index in [4.69, 9.17) is 4.74 Å². The van der Waals surface area contributed by atoms with E-state index in [0.29, 0.717) is 31.2 Å². The lowest BCUT2D eigenvalue weighted by molar-refractivity contribution is -0.143. The van der Waals surface area contributed by atoms with E-state index in [0.717, 1.165) is 62.5 Å². The third kappa shape index (κ3) is 18.6. The van der Waals surface area contributed by atoms with Gasteiger partial charge in [-0.3, -0.25) is 24.0 Å². The largest absolute Gasteiger partial charge is 0.480 e. The number of aryl methyl sites for hydroxylation is 1. The lowest BCUT2D eigenvalue weighted by atomic mass is 9.91. The molecule has 10 nitrogen and oxygen atoms in total. The van der Waals surface area contributed by atoms with E-state index in [1.807, 2.05) is 52.0 Å². The van der Waals surface area contributed by atoms with Crippen LogP contribution >= 0.6 is 0 Å². The first-order valence-electron chi connectivity index (χ1n) is 21.8. The van der Waals surface area contributed by atoms with E-state index in [1.165, 1.54) is 5.56 Å². The van der Waals surface area contributed by atoms with Crippen LogP contribution in [0, 0.1) is 11.8 Å². The zero-order valence-electron chi connectivity index (χ0n) is 36.6. The van der Waals surface area contributed by atoms with Gasteiger partial charge in [0.25, 0.3) is 0 Å². The number of carboxylic acid groups (broad SMARTS) is 1. The summed E-state index contributed by atoms with van der Waals surface area (Å²) in [6.45, 7) is 15.0. The molecule has 0 unspecified atom stereocenters. The van der Waals surface area contributed by atoms with Crippen LogP contribution in [0.3, 0.4) is 0 Å². The van der Waals surface area contributed by atoms with Crippen molar-refractivity contribution in [2.75, 3.05) is 0 Å². The van der Waals surface area contributed by atoms with Gasteiger partial charge >= 0.3 is 5.97 Å². The van der Waals surface area contributed by atoms with Crippen molar-refractivity contribution >= 4 is 35.1 Å². The van der Waals surface area contributed by atoms with Crippen LogP contribution in [0.1, 0.15) is 168 Å². The SMILES string of the molecule is CCCCC[C@H](CC(=O)CCCC(=O)c1ccc(-c2ccc(CCCC)cc2)cc1)C(=O)N[C@H](C(=O)C[C@@H](C)C(=O)N[C@@H](CCCCC)C(=O)O)[C@@H](C)OC(C)(C)C. The summed E-state index contributed by atoms with van der Waals surface area (Å²) in [4.78, 5) is 78.9. The first-order chi connectivity index (χ1) is 27.5. The number of rotatable bonds is 29. The maximum atomic E-state index is 13.9. The molecule has 0 heterocycles. The maximum absolute atomic E-state index is 13.9. The first-order valence-corrected chi connectivity index (χ1v) is 21.8. The number of ketones is 3. The van der Waals surface area contributed by atoms with Gasteiger partial charge in [-0.05, 0) is 76.5 Å². The second kappa shape index (κ2) is 26.0. The molecule has 0 bridgehead atoms. The van der Waals surface area contributed by atoms with Crippen LogP contribution in [-0.2, 0) is 35.1 Å². The fraction of sp³-hybridized carbons (Fsp3) is 0.625.